The van der Waals surface area contributed by atoms with Gasteiger partial charge in [-0.15, -0.1) is 0 Å². The standard InChI is InChI=1S/C17H25ClN2O2/c1-2-19-16(17(21)22)11-13-6-8-20(9-7-13)12-14-4-3-5-15(18)10-14/h3-5,10,13,16,19H,2,6-9,11-12H2,1H3,(H,21,22). The molecule has 1 unspecified atom stereocenters. The first-order valence-electron chi connectivity index (χ1n) is 8.01. The number of rotatable bonds is 7. The van der Waals surface area contributed by atoms with Crippen LogP contribution in [0.1, 0.15) is 31.7 Å². The van der Waals surface area contributed by atoms with Gasteiger partial charge in [-0.1, -0.05) is 30.7 Å². The summed E-state index contributed by atoms with van der Waals surface area (Å²) in [7, 11) is 0. The molecule has 1 heterocycles. The van der Waals surface area contributed by atoms with E-state index in [0.717, 1.165) is 43.9 Å². The molecule has 1 saturated heterocycles. The zero-order valence-corrected chi connectivity index (χ0v) is 13.9. The van der Waals surface area contributed by atoms with E-state index in [1.807, 2.05) is 25.1 Å². The summed E-state index contributed by atoms with van der Waals surface area (Å²) in [5.41, 5.74) is 1.24. The van der Waals surface area contributed by atoms with Crippen LogP contribution in [-0.2, 0) is 11.3 Å². The average Bonchev–Trinajstić information content (AvgIpc) is 2.48. The molecule has 1 fully saturated rings. The fourth-order valence-corrected chi connectivity index (χ4v) is 3.34. The number of likely N-dealkylation sites (N-methyl/N-ethyl adjacent to an activating group) is 1. The monoisotopic (exact) mass is 324 g/mol. The lowest BCUT2D eigenvalue weighted by Gasteiger charge is -2.33. The van der Waals surface area contributed by atoms with Crippen LogP contribution in [0.3, 0.4) is 0 Å². The number of carboxylic acid groups (broad SMARTS) is 1. The first-order valence-corrected chi connectivity index (χ1v) is 8.39. The Bertz CT molecular complexity index is 487. The molecule has 1 aromatic carbocycles. The van der Waals surface area contributed by atoms with Gasteiger partial charge in [0.2, 0.25) is 0 Å². The van der Waals surface area contributed by atoms with Crippen molar-refractivity contribution in [1.29, 1.82) is 0 Å². The van der Waals surface area contributed by atoms with Gasteiger partial charge in [-0.05, 0) is 62.5 Å². The van der Waals surface area contributed by atoms with Gasteiger partial charge in [-0.25, -0.2) is 0 Å². The fraction of sp³-hybridized carbons (Fsp3) is 0.588. The number of nitrogens with one attached hydrogen (secondary N) is 1. The van der Waals surface area contributed by atoms with Crippen molar-refractivity contribution in [3.8, 4) is 0 Å². The van der Waals surface area contributed by atoms with Gasteiger partial charge < -0.3 is 10.4 Å². The first kappa shape index (κ1) is 17.3. The minimum Gasteiger partial charge on any atom is -0.480 e. The lowest BCUT2D eigenvalue weighted by Crippen LogP contribution is -2.41. The van der Waals surface area contributed by atoms with Gasteiger partial charge in [-0.3, -0.25) is 9.69 Å². The van der Waals surface area contributed by atoms with Crippen molar-refractivity contribution >= 4 is 17.6 Å². The van der Waals surface area contributed by atoms with Gasteiger partial charge in [0.15, 0.2) is 0 Å². The van der Waals surface area contributed by atoms with E-state index in [0.29, 0.717) is 12.5 Å². The Morgan fingerprint density at radius 1 is 1.45 bits per heavy atom. The van der Waals surface area contributed by atoms with Gasteiger partial charge in [0.1, 0.15) is 6.04 Å². The highest BCUT2D eigenvalue weighted by molar-refractivity contribution is 6.30. The molecule has 1 aliphatic heterocycles. The summed E-state index contributed by atoms with van der Waals surface area (Å²) in [4.78, 5) is 13.6. The lowest BCUT2D eigenvalue weighted by atomic mass is 9.90. The fourth-order valence-electron chi connectivity index (χ4n) is 3.12. The van der Waals surface area contributed by atoms with Crippen molar-refractivity contribution in [2.24, 2.45) is 5.92 Å². The molecule has 0 bridgehead atoms. The lowest BCUT2D eigenvalue weighted by molar-refractivity contribution is -0.140. The summed E-state index contributed by atoms with van der Waals surface area (Å²) in [5, 5.41) is 13.1. The highest BCUT2D eigenvalue weighted by atomic mass is 35.5. The van der Waals surface area contributed by atoms with Gasteiger partial charge in [-0.2, -0.15) is 0 Å². The molecule has 2 rings (SSSR count). The van der Waals surface area contributed by atoms with Gasteiger partial charge >= 0.3 is 5.97 Å². The number of likely N-dealkylation sites (tertiary alicyclic amines) is 1. The quantitative estimate of drug-likeness (QED) is 0.809. The molecule has 0 amide bonds. The minimum absolute atomic E-state index is 0.408. The van der Waals surface area contributed by atoms with Crippen LogP contribution in [0, 0.1) is 5.92 Å². The Labute approximate surface area is 137 Å². The third-order valence-electron chi connectivity index (χ3n) is 4.32. The number of piperidine rings is 1. The highest BCUT2D eigenvalue weighted by Crippen LogP contribution is 2.23. The van der Waals surface area contributed by atoms with Crippen LogP contribution in [0.15, 0.2) is 24.3 Å². The molecule has 0 spiro atoms. The zero-order chi connectivity index (χ0) is 15.9. The number of hydrogen-bond donors (Lipinski definition) is 2. The first-order chi connectivity index (χ1) is 10.6. The normalized spacial score (nSPS) is 18.3. The maximum absolute atomic E-state index is 11.2. The number of carboxylic acids is 1. The van der Waals surface area contributed by atoms with Crippen molar-refractivity contribution in [2.75, 3.05) is 19.6 Å². The van der Waals surface area contributed by atoms with Gasteiger partial charge in [0.05, 0.1) is 0 Å². The molecular weight excluding hydrogens is 300 g/mol. The summed E-state index contributed by atoms with van der Waals surface area (Å²) in [6.07, 6.45) is 2.86. The molecular formula is C17H25ClN2O2. The van der Waals surface area contributed by atoms with E-state index < -0.39 is 12.0 Å². The van der Waals surface area contributed by atoms with Crippen molar-refractivity contribution in [3.63, 3.8) is 0 Å². The van der Waals surface area contributed by atoms with E-state index in [1.165, 1.54) is 5.56 Å². The number of aliphatic carboxylic acids is 1. The van der Waals surface area contributed by atoms with Crippen LogP contribution in [0.4, 0.5) is 0 Å². The Hall–Kier alpha value is -1.10. The number of hydrogen-bond acceptors (Lipinski definition) is 3. The Kier molecular flexibility index (Phi) is 6.68. The smallest absolute Gasteiger partial charge is 0.320 e. The highest BCUT2D eigenvalue weighted by Gasteiger charge is 2.25. The minimum atomic E-state index is -0.733. The summed E-state index contributed by atoms with van der Waals surface area (Å²) in [5.74, 6) is -0.237. The summed E-state index contributed by atoms with van der Waals surface area (Å²) >= 11 is 6.02. The number of nitrogens with zero attached hydrogens (tertiary/aromatic N) is 1. The van der Waals surface area contributed by atoms with E-state index in [-0.39, 0.29) is 0 Å². The number of carbonyl (C=O) groups is 1. The predicted octanol–water partition coefficient (Wildman–Crippen LogP) is 3.00. The molecule has 0 saturated carbocycles. The second-order valence-electron chi connectivity index (χ2n) is 6.03. The molecule has 1 aliphatic rings. The van der Waals surface area contributed by atoms with Crippen molar-refractivity contribution in [1.82, 2.24) is 10.2 Å². The van der Waals surface area contributed by atoms with E-state index in [1.54, 1.807) is 0 Å². The molecule has 1 aromatic rings. The second-order valence-corrected chi connectivity index (χ2v) is 6.47. The molecule has 122 valence electrons. The van der Waals surface area contributed by atoms with Crippen LogP contribution >= 0.6 is 11.6 Å². The van der Waals surface area contributed by atoms with Crippen LogP contribution in [0.2, 0.25) is 5.02 Å². The molecule has 0 aromatic heterocycles. The van der Waals surface area contributed by atoms with Crippen LogP contribution < -0.4 is 5.32 Å². The topological polar surface area (TPSA) is 52.6 Å². The molecule has 5 heteroatoms. The van der Waals surface area contributed by atoms with E-state index >= 15 is 0 Å². The van der Waals surface area contributed by atoms with Crippen molar-refractivity contribution in [3.05, 3.63) is 34.9 Å². The molecule has 1 atom stereocenters. The van der Waals surface area contributed by atoms with E-state index in [4.69, 9.17) is 11.6 Å². The van der Waals surface area contributed by atoms with Crippen molar-refractivity contribution < 1.29 is 9.90 Å². The number of halogens is 1. The van der Waals surface area contributed by atoms with E-state index in [2.05, 4.69) is 16.3 Å². The summed E-state index contributed by atoms with van der Waals surface area (Å²) in [6, 6.07) is 7.58. The predicted molar refractivity (Wildman–Crippen MR) is 89.2 cm³/mol. The number of benzene rings is 1. The van der Waals surface area contributed by atoms with Crippen LogP contribution in [-0.4, -0.2) is 41.7 Å². The molecule has 2 N–H and O–H groups in total. The third-order valence-corrected chi connectivity index (χ3v) is 4.56. The van der Waals surface area contributed by atoms with Gasteiger partial charge in [0.25, 0.3) is 0 Å². The Morgan fingerprint density at radius 2 is 2.18 bits per heavy atom. The van der Waals surface area contributed by atoms with Crippen molar-refractivity contribution in [2.45, 2.75) is 38.8 Å². The largest absolute Gasteiger partial charge is 0.480 e. The Morgan fingerprint density at radius 3 is 2.77 bits per heavy atom. The molecule has 22 heavy (non-hydrogen) atoms. The molecule has 4 nitrogen and oxygen atoms in total. The molecule has 0 radical (unpaired) electrons. The summed E-state index contributed by atoms with van der Waals surface area (Å²) < 4.78 is 0. The molecule has 0 aliphatic carbocycles. The average molecular weight is 325 g/mol. The second kappa shape index (κ2) is 8.51. The van der Waals surface area contributed by atoms with E-state index in [9.17, 15) is 9.90 Å². The maximum atomic E-state index is 11.2. The summed E-state index contributed by atoms with van der Waals surface area (Å²) in [6.45, 7) is 5.61. The third kappa shape index (κ3) is 5.27. The SMILES string of the molecule is CCNC(CC1CCN(Cc2cccc(Cl)c2)CC1)C(=O)O. The van der Waals surface area contributed by atoms with Crippen LogP contribution in [0.5, 0.6) is 0 Å². The van der Waals surface area contributed by atoms with Gasteiger partial charge in [0, 0.05) is 11.6 Å². The Balaban J connectivity index is 1.79. The zero-order valence-electron chi connectivity index (χ0n) is 13.1. The van der Waals surface area contributed by atoms with Crippen LogP contribution in [0.25, 0.3) is 0 Å². The maximum Gasteiger partial charge on any atom is 0.320 e.